The average molecular weight is 198 g/mol. The first-order chi connectivity index (χ1) is 2.77. The van der Waals surface area contributed by atoms with Gasteiger partial charge in [0, 0.05) is 6.42 Å². The first kappa shape index (κ1) is 6.40. The van der Waals surface area contributed by atoms with Crippen molar-refractivity contribution < 1.29 is 4.79 Å². The Balaban J connectivity index is 2.83. The molecule has 0 aromatic heterocycles. The van der Waals surface area contributed by atoms with Crippen molar-refractivity contribution in [3.8, 4) is 0 Å². The maximum atomic E-state index is 10.0. The summed E-state index contributed by atoms with van der Waals surface area (Å²) in [6, 6.07) is 0. The van der Waals surface area contributed by atoms with E-state index in [1.807, 2.05) is 6.92 Å². The molecule has 0 aliphatic rings. The minimum absolute atomic E-state index is 0.259. The molecule has 0 aromatic carbocycles. The fourth-order valence-corrected chi connectivity index (χ4v) is 0.736. The largest absolute Gasteiger partial charge is 0.288 e. The molecular formula is C4H7IO. The molecule has 0 unspecified atom stereocenters. The lowest BCUT2D eigenvalue weighted by Gasteiger charge is -1.78. The van der Waals surface area contributed by atoms with Crippen LogP contribution in [-0.2, 0) is 4.79 Å². The zero-order valence-corrected chi connectivity index (χ0v) is 5.86. The van der Waals surface area contributed by atoms with Crippen molar-refractivity contribution in [2.75, 3.05) is 0 Å². The van der Waals surface area contributed by atoms with Crippen LogP contribution in [0.1, 0.15) is 19.8 Å². The van der Waals surface area contributed by atoms with Crippen LogP contribution in [0.3, 0.4) is 0 Å². The van der Waals surface area contributed by atoms with E-state index in [2.05, 4.69) is 0 Å². The summed E-state index contributed by atoms with van der Waals surface area (Å²) in [5, 5.41) is 0. The molecule has 0 heterocycles. The fraction of sp³-hybridized carbons (Fsp3) is 0.750. The van der Waals surface area contributed by atoms with E-state index in [-0.39, 0.29) is 3.79 Å². The Morgan fingerprint density at radius 2 is 2.33 bits per heavy atom. The molecular weight excluding hydrogens is 191 g/mol. The van der Waals surface area contributed by atoms with Gasteiger partial charge < -0.3 is 0 Å². The van der Waals surface area contributed by atoms with Gasteiger partial charge in [-0.1, -0.05) is 6.92 Å². The minimum Gasteiger partial charge on any atom is -0.288 e. The van der Waals surface area contributed by atoms with Crippen LogP contribution < -0.4 is 0 Å². The molecule has 6 heavy (non-hydrogen) atoms. The van der Waals surface area contributed by atoms with Crippen LogP contribution in [0.5, 0.6) is 0 Å². The first-order valence-corrected chi connectivity index (χ1v) is 3.03. The maximum absolute atomic E-state index is 10.0. The highest BCUT2D eigenvalue weighted by molar-refractivity contribution is 14.1. The van der Waals surface area contributed by atoms with E-state index >= 15 is 0 Å². The molecule has 0 N–H and O–H groups in total. The van der Waals surface area contributed by atoms with Crippen LogP contribution in [0, 0.1) is 0 Å². The van der Waals surface area contributed by atoms with E-state index in [1.54, 1.807) is 22.6 Å². The van der Waals surface area contributed by atoms with Gasteiger partial charge in [-0.2, -0.15) is 0 Å². The zero-order chi connectivity index (χ0) is 4.99. The van der Waals surface area contributed by atoms with Gasteiger partial charge in [0.1, 0.15) is 0 Å². The van der Waals surface area contributed by atoms with Crippen molar-refractivity contribution >= 4 is 26.4 Å². The summed E-state index contributed by atoms with van der Waals surface area (Å²) in [6.07, 6.45) is 1.70. The summed E-state index contributed by atoms with van der Waals surface area (Å²) in [6.45, 7) is 2.00. The molecule has 0 aliphatic carbocycles. The Morgan fingerprint density at radius 1 is 1.83 bits per heavy atom. The Kier molecular flexibility index (Phi) is 3.82. The second kappa shape index (κ2) is 3.59. The second-order valence-corrected chi connectivity index (χ2v) is 2.31. The van der Waals surface area contributed by atoms with E-state index < -0.39 is 0 Å². The summed E-state index contributed by atoms with van der Waals surface area (Å²) in [7, 11) is 0. The van der Waals surface area contributed by atoms with Gasteiger partial charge in [-0.3, -0.25) is 4.79 Å². The lowest BCUT2D eigenvalue weighted by atomic mass is 10.4. The van der Waals surface area contributed by atoms with Crippen molar-refractivity contribution in [2.24, 2.45) is 0 Å². The fourth-order valence-electron chi connectivity index (χ4n) is 0.197. The van der Waals surface area contributed by atoms with Gasteiger partial charge in [0.05, 0.1) is 0 Å². The van der Waals surface area contributed by atoms with Crippen molar-refractivity contribution in [2.45, 2.75) is 19.8 Å². The van der Waals surface area contributed by atoms with E-state index in [9.17, 15) is 4.79 Å². The maximum Gasteiger partial charge on any atom is 0.192 e. The Morgan fingerprint density at radius 3 is 2.33 bits per heavy atom. The van der Waals surface area contributed by atoms with Crippen LogP contribution in [0.15, 0.2) is 0 Å². The predicted octanol–water partition coefficient (Wildman–Crippen LogP) is 1.75. The average Bonchev–Trinajstić information content (AvgIpc) is 1.35. The summed E-state index contributed by atoms with van der Waals surface area (Å²) >= 11 is 1.80. The standard InChI is InChI=1S/C4H7IO/c1-2-3-4(5)6/h2-3H2,1H3. The Hall–Kier alpha value is 0.400. The van der Waals surface area contributed by atoms with E-state index in [4.69, 9.17) is 0 Å². The third-order valence-corrected chi connectivity index (χ3v) is 0.986. The molecule has 0 aromatic rings. The summed E-state index contributed by atoms with van der Waals surface area (Å²) < 4.78 is 0.259. The van der Waals surface area contributed by atoms with Gasteiger partial charge in [0.15, 0.2) is 3.79 Å². The third-order valence-electron chi connectivity index (χ3n) is 0.447. The molecule has 0 amide bonds. The molecule has 1 nitrogen and oxygen atoms in total. The second-order valence-electron chi connectivity index (χ2n) is 1.11. The normalized spacial score (nSPS) is 8.33. The van der Waals surface area contributed by atoms with Crippen LogP contribution in [0.25, 0.3) is 0 Å². The molecule has 0 bridgehead atoms. The summed E-state index contributed by atoms with van der Waals surface area (Å²) in [5.41, 5.74) is 0. The van der Waals surface area contributed by atoms with E-state index in [0.717, 1.165) is 12.8 Å². The molecule has 36 valence electrons. The number of hydrogen-bond donors (Lipinski definition) is 0. The number of rotatable bonds is 2. The van der Waals surface area contributed by atoms with Crippen molar-refractivity contribution in [1.82, 2.24) is 0 Å². The van der Waals surface area contributed by atoms with Crippen molar-refractivity contribution in [1.29, 1.82) is 0 Å². The number of halogens is 1. The van der Waals surface area contributed by atoms with Crippen molar-refractivity contribution in [3.63, 3.8) is 0 Å². The molecule has 0 saturated carbocycles. The predicted molar refractivity (Wildman–Crippen MR) is 33.9 cm³/mol. The van der Waals surface area contributed by atoms with Gasteiger partial charge in [-0.05, 0) is 29.0 Å². The summed E-state index contributed by atoms with van der Waals surface area (Å²) in [5.74, 6) is 0. The molecule has 0 saturated heterocycles. The quantitative estimate of drug-likeness (QED) is 0.487. The van der Waals surface area contributed by atoms with Crippen molar-refractivity contribution in [3.05, 3.63) is 0 Å². The highest BCUT2D eigenvalue weighted by Crippen LogP contribution is 1.94. The molecule has 2 heteroatoms. The number of carbonyl (C=O) groups excluding carboxylic acids is 1. The van der Waals surface area contributed by atoms with Crippen LogP contribution in [-0.4, -0.2) is 3.79 Å². The topological polar surface area (TPSA) is 17.1 Å². The lowest BCUT2D eigenvalue weighted by molar-refractivity contribution is -0.109. The number of carbonyl (C=O) groups is 1. The summed E-state index contributed by atoms with van der Waals surface area (Å²) in [4.78, 5) is 10.0. The van der Waals surface area contributed by atoms with E-state index in [0.29, 0.717) is 0 Å². The smallest absolute Gasteiger partial charge is 0.192 e. The van der Waals surface area contributed by atoms with Crippen LogP contribution in [0.2, 0.25) is 0 Å². The first-order valence-electron chi connectivity index (χ1n) is 1.95. The van der Waals surface area contributed by atoms with Gasteiger partial charge in [0.2, 0.25) is 0 Å². The van der Waals surface area contributed by atoms with Crippen LogP contribution >= 0.6 is 22.6 Å². The zero-order valence-electron chi connectivity index (χ0n) is 3.70. The SMILES string of the molecule is CCCC(=O)I. The highest BCUT2D eigenvalue weighted by atomic mass is 127. The Labute approximate surface area is 51.3 Å². The van der Waals surface area contributed by atoms with Gasteiger partial charge >= 0.3 is 0 Å². The molecule has 0 rings (SSSR count). The third kappa shape index (κ3) is 4.40. The molecule has 0 fully saturated rings. The van der Waals surface area contributed by atoms with Crippen LogP contribution in [0.4, 0.5) is 0 Å². The van der Waals surface area contributed by atoms with E-state index in [1.165, 1.54) is 0 Å². The molecule has 0 radical (unpaired) electrons. The van der Waals surface area contributed by atoms with Gasteiger partial charge in [0.25, 0.3) is 0 Å². The Bertz CT molecular complexity index is 51.5. The molecule has 0 spiro atoms. The number of hydrogen-bond acceptors (Lipinski definition) is 1. The molecule has 0 atom stereocenters. The highest BCUT2D eigenvalue weighted by Gasteiger charge is 1.86. The molecule has 0 aliphatic heterocycles. The monoisotopic (exact) mass is 198 g/mol. The minimum atomic E-state index is 0.259. The van der Waals surface area contributed by atoms with Gasteiger partial charge in [-0.25, -0.2) is 0 Å². The lowest BCUT2D eigenvalue weighted by Crippen LogP contribution is -1.78. The van der Waals surface area contributed by atoms with Gasteiger partial charge in [-0.15, -0.1) is 0 Å².